The Balaban J connectivity index is 2.03. The highest BCUT2D eigenvalue weighted by Gasteiger charge is 2.38. The molecule has 1 saturated carbocycles. The van der Waals surface area contributed by atoms with Crippen molar-refractivity contribution in [3.05, 3.63) is 0 Å². The monoisotopic (exact) mass is 274 g/mol. The smallest absolute Gasteiger partial charge is 0.217 e. The van der Waals surface area contributed by atoms with Gasteiger partial charge in [-0.2, -0.15) is 4.31 Å². The van der Waals surface area contributed by atoms with E-state index in [2.05, 4.69) is 0 Å². The van der Waals surface area contributed by atoms with Gasteiger partial charge < -0.3 is 5.73 Å². The molecular weight excluding hydrogens is 248 g/mol. The van der Waals surface area contributed by atoms with Crippen LogP contribution in [0.25, 0.3) is 0 Å². The molecule has 4 nitrogen and oxygen atoms in total. The zero-order valence-corrected chi connectivity index (χ0v) is 12.0. The van der Waals surface area contributed by atoms with Gasteiger partial charge in [0.15, 0.2) is 0 Å². The molecule has 1 unspecified atom stereocenters. The number of rotatable bonds is 5. The molecule has 2 N–H and O–H groups in total. The third-order valence-corrected chi connectivity index (χ3v) is 6.81. The number of nitrogens with zero attached hydrogens (tertiary/aromatic N) is 1. The van der Waals surface area contributed by atoms with Gasteiger partial charge in [-0.1, -0.05) is 19.3 Å². The first kappa shape index (κ1) is 14.3. The van der Waals surface area contributed by atoms with E-state index < -0.39 is 10.0 Å². The Kier molecular flexibility index (Phi) is 5.04. The summed E-state index contributed by atoms with van der Waals surface area (Å²) in [7, 11) is -3.05. The molecule has 2 aliphatic rings. The van der Waals surface area contributed by atoms with Crippen LogP contribution >= 0.6 is 0 Å². The van der Waals surface area contributed by atoms with Crippen molar-refractivity contribution < 1.29 is 8.42 Å². The van der Waals surface area contributed by atoms with Gasteiger partial charge in [-0.05, 0) is 45.1 Å². The Morgan fingerprint density at radius 3 is 2.44 bits per heavy atom. The number of sulfonamides is 1. The number of hydrogen-bond acceptors (Lipinski definition) is 3. The Hall–Kier alpha value is -0.130. The Bertz CT molecular complexity index is 350. The molecule has 5 heteroatoms. The van der Waals surface area contributed by atoms with Crippen LogP contribution in [0.15, 0.2) is 0 Å². The van der Waals surface area contributed by atoms with Crippen molar-refractivity contribution in [2.75, 3.05) is 13.1 Å². The lowest BCUT2D eigenvalue weighted by molar-refractivity contribution is 0.351. The van der Waals surface area contributed by atoms with Crippen molar-refractivity contribution in [3.63, 3.8) is 0 Å². The van der Waals surface area contributed by atoms with E-state index in [-0.39, 0.29) is 11.3 Å². The lowest BCUT2D eigenvalue weighted by Crippen LogP contribution is -2.42. The summed E-state index contributed by atoms with van der Waals surface area (Å²) in [5, 5.41) is -0.107. The van der Waals surface area contributed by atoms with Crippen LogP contribution in [0.2, 0.25) is 0 Å². The first-order valence-corrected chi connectivity index (χ1v) is 8.87. The van der Waals surface area contributed by atoms with E-state index in [4.69, 9.17) is 5.73 Å². The highest BCUT2D eigenvalue weighted by molar-refractivity contribution is 7.89. The van der Waals surface area contributed by atoms with Gasteiger partial charge in [0, 0.05) is 12.6 Å². The highest BCUT2D eigenvalue weighted by atomic mass is 32.2. The number of hydrogen-bond donors (Lipinski definition) is 1. The zero-order valence-electron chi connectivity index (χ0n) is 11.2. The SMILES string of the molecule is NCCCC1CCCN1S(=O)(=O)C1CCCCC1. The minimum Gasteiger partial charge on any atom is -0.330 e. The molecule has 1 saturated heterocycles. The van der Waals surface area contributed by atoms with E-state index in [0.29, 0.717) is 6.54 Å². The lowest BCUT2D eigenvalue weighted by Gasteiger charge is -2.30. The maximum atomic E-state index is 12.7. The van der Waals surface area contributed by atoms with Crippen LogP contribution in [0, 0.1) is 0 Å². The predicted octanol–water partition coefficient (Wildman–Crippen LogP) is 1.85. The third kappa shape index (κ3) is 3.06. The van der Waals surface area contributed by atoms with E-state index >= 15 is 0 Å². The van der Waals surface area contributed by atoms with Gasteiger partial charge in [-0.3, -0.25) is 0 Å². The minimum absolute atomic E-state index is 0.107. The summed E-state index contributed by atoms with van der Waals surface area (Å²) in [6, 6.07) is 0.223. The molecule has 0 spiro atoms. The average Bonchev–Trinajstić information content (AvgIpc) is 2.86. The molecule has 0 bridgehead atoms. The van der Waals surface area contributed by atoms with Crippen LogP contribution < -0.4 is 5.73 Å². The van der Waals surface area contributed by atoms with Crippen LogP contribution in [-0.4, -0.2) is 37.1 Å². The van der Waals surface area contributed by atoms with Crippen LogP contribution in [0.5, 0.6) is 0 Å². The fourth-order valence-corrected chi connectivity index (χ4v) is 5.66. The predicted molar refractivity (Wildman–Crippen MR) is 73.8 cm³/mol. The van der Waals surface area contributed by atoms with Gasteiger partial charge in [0.25, 0.3) is 0 Å². The Labute approximate surface area is 111 Å². The summed E-state index contributed by atoms with van der Waals surface area (Å²) in [4.78, 5) is 0. The molecule has 0 aromatic carbocycles. The van der Waals surface area contributed by atoms with Crippen molar-refractivity contribution in [2.45, 2.75) is 69.1 Å². The molecule has 18 heavy (non-hydrogen) atoms. The number of nitrogens with two attached hydrogens (primary N) is 1. The highest BCUT2D eigenvalue weighted by Crippen LogP contribution is 2.31. The molecule has 0 amide bonds. The Morgan fingerprint density at radius 1 is 1.06 bits per heavy atom. The molecule has 106 valence electrons. The summed E-state index contributed by atoms with van der Waals surface area (Å²) < 4.78 is 27.1. The van der Waals surface area contributed by atoms with Crippen molar-refractivity contribution in [1.82, 2.24) is 4.31 Å². The molecular formula is C13H26N2O2S. The molecule has 0 aromatic rings. The Morgan fingerprint density at radius 2 is 1.78 bits per heavy atom. The molecule has 2 rings (SSSR count). The van der Waals surface area contributed by atoms with Gasteiger partial charge in [-0.25, -0.2) is 8.42 Å². The molecule has 1 aliphatic carbocycles. The first-order valence-electron chi connectivity index (χ1n) is 7.37. The van der Waals surface area contributed by atoms with Crippen LogP contribution in [0.4, 0.5) is 0 Å². The van der Waals surface area contributed by atoms with E-state index in [0.717, 1.165) is 57.9 Å². The second kappa shape index (κ2) is 6.35. The minimum atomic E-state index is -3.05. The van der Waals surface area contributed by atoms with E-state index in [1.165, 1.54) is 6.42 Å². The third-order valence-electron chi connectivity index (χ3n) is 4.36. The fourth-order valence-electron chi connectivity index (χ4n) is 3.34. The zero-order chi connectivity index (χ0) is 13.0. The van der Waals surface area contributed by atoms with Gasteiger partial charge in [0.2, 0.25) is 10.0 Å². The molecule has 0 aromatic heterocycles. The van der Waals surface area contributed by atoms with Gasteiger partial charge in [0.05, 0.1) is 5.25 Å². The average molecular weight is 274 g/mol. The van der Waals surface area contributed by atoms with E-state index in [1.54, 1.807) is 4.31 Å². The van der Waals surface area contributed by atoms with Gasteiger partial charge in [-0.15, -0.1) is 0 Å². The van der Waals surface area contributed by atoms with E-state index in [9.17, 15) is 8.42 Å². The topological polar surface area (TPSA) is 63.4 Å². The summed E-state index contributed by atoms with van der Waals surface area (Å²) in [6.07, 6.45) is 8.97. The molecule has 1 atom stereocenters. The summed E-state index contributed by atoms with van der Waals surface area (Å²) in [6.45, 7) is 1.39. The van der Waals surface area contributed by atoms with Crippen LogP contribution in [0.3, 0.4) is 0 Å². The molecule has 1 aliphatic heterocycles. The van der Waals surface area contributed by atoms with Gasteiger partial charge >= 0.3 is 0 Å². The lowest BCUT2D eigenvalue weighted by atomic mass is 10.0. The summed E-state index contributed by atoms with van der Waals surface area (Å²) in [5.41, 5.74) is 5.54. The van der Waals surface area contributed by atoms with Crippen LogP contribution in [-0.2, 0) is 10.0 Å². The normalized spacial score (nSPS) is 27.7. The second-order valence-corrected chi connectivity index (χ2v) is 7.81. The maximum Gasteiger partial charge on any atom is 0.217 e. The van der Waals surface area contributed by atoms with Gasteiger partial charge in [0.1, 0.15) is 0 Å². The van der Waals surface area contributed by atoms with Crippen molar-refractivity contribution in [1.29, 1.82) is 0 Å². The summed E-state index contributed by atoms with van der Waals surface area (Å²) in [5.74, 6) is 0. The van der Waals surface area contributed by atoms with Crippen molar-refractivity contribution >= 4 is 10.0 Å². The second-order valence-electron chi connectivity index (χ2n) is 5.64. The van der Waals surface area contributed by atoms with Crippen molar-refractivity contribution in [3.8, 4) is 0 Å². The molecule has 2 fully saturated rings. The van der Waals surface area contributed by atoms with E-state index in [1.807, 2.05) is 0 Å². The first-order chi connectivity index (χ1) is 8.66. The van der Waals surface area contributed by atoms with Crippen molar-refractivity contribution in [2.24, 2.45) is 5.73 Å². The van der Waals surface area contributed by atoms with Crippen LogP contribution in [0.1, 0.15) is 57.8 Å². The maximum absolute atomic E-state index is 12.7. The summed E-state index contributed by atoms with van der Waals surface area (Å²) >= 11 is 0. The standard InChI is InChI=1S/C13H26N2O2S/c14-10-4-6-12-7-5-11-15(12)18(16,17)13-8-2-1-3-9-13/h12-13H,1-11,14H2. The molecule has 0 radical (unpaired) electrons. The largest absolute Gasteiger partial charge is 0.330 e. The molecule has 1 heterocycles. The fraction of sp³-hybridized carbons (Fsp3) is 1.00. The quantitative estimate of drug-likeness (QED) is 0.832.